The Hall–Kier alpha value is -1.40. The molecule has 1 spiro atoms. The molecule has 1 atom stereocenters. The largest absolute Gasteiger partial charge is 0.450 e. The van der Waals surface area contributed by atoms with Gasteiger partial charge in [-0.15, -0.1) is 0 Å². The summed E-state index contributed by atoms with van der Waals surface area (Å²) in [6, 6.07) is 0.646. The average Bonchev–Trinajstić information content (AvgIpc) is 2.90. The van der Waals surface area contributed by atoms with Crippen LogP contribution in [-0.4, -0.2) is 72.6 Å². The Morgan fingerprint density at radius 1 is 1.26 bits per heavy atom. The number of hydrogen-bond acceptors (Lipinski definition) is 5. The van der Waals surface area contributed by atoms with Gasteiger partial charge >= 0.3 is 5.97 Å². The fourth-order valence-corrected chi connectivity index (χ4v) is 4.77. The zero-order chi connectivity index (χ0) is 19.4. The molecule has 6 heteroatoms. The molecule has 0 aliphatic carbocycles. The van der Waals surface area contributed by atoms with E-state index in [-0.39, 0.29) is 11.9 Å². The average molecular weight is 378 g/mol. The van der Waals surface area contributed by atoms with Gasteiger partial charge in [-0.05, 0) is 46.2 Å². The molecule has 152 valence electrons. The van der Waals surface area contributed by atoms with Crippen molar-refractivity contribution in [2.24, 2.45) is 0 Å². The lowest BCUT2D eigenvalue weighted by atomic mass is 9.82. The molecule has 0 bridgehead atoms. The summed E-state index contributed by atoms with van der Waals surface area (Å²) in [6.07, 6.45) is 6.23. The van der Waals surface area contributed by atoms with Crippen LogP contribution >= 0.6 is 0 Å². The summed E-state index contributed by atoms with van der Waals surface area (Å²) in [5.74, 6) is -0.442. The van der Waals surface area contributed by atoms with E-state index >= 15 is 0 Å². The highest BCUT2D eigenvalue weighted by atomic mass is 16.6. The number of nitrogens with zero attached hydrogens (tertiary/aromatic N) is 2. The molecule has 1 N–H and O–H groups in total. The van der Waals surface area contributed by atoms with Crippen LogP contribution in [0.4, 0.5) is 0 Å². The maximum atomic E-state index is 12.9. The molecule has 3 aliphatic rings. The number of carbonyl (C=O) groups is 2. The first-order chi connectivity index (χ1) is 13.0. The minimum absolute atomic E-state index is 0.116. The van der Waals surface area contributed by atoms with Gasteiger partial charge in [-0.3, -0.25) is 4.79 Å². The Morgan fingerprint density at radius 2 is 2.00 bits per heavy atom. The summed E-state index contributed by atoms with van der Waals surface area (Å²) in [6.45, 7) is 11.7. The molecule has 3 aliphatic heterocycles. The van der Waals surface area contributed by atoms with Crippen LogP contribution in [0.1, 0.15) is 59.3 Å². The van der Waals surface area contributed by atoms with Crippen molar-refractivity contribution >= 4 is 11.9 Å². The van der Waals surface area contributed by atoms with E-state index in [1.165, 1.54) is 25.8 Å². The van der Waals surface area contributed by atoms with Crippen LogP contribution in [0.25, 0.3) is 0 Å². The molecule has 2 saturated heterocycles. The molecular formula is C21H35N3O3. The molecule has 0 aromatic heterocycles. The van der Waals surface area contributed by atoms with E-state index < -0.39 is 5.60 Å². The quantitative estimate of drug-likeness (QED) is 0.567. The maximum absolute atomic E-state index is 12.9. The van der Waals surface area contributed by atoms with E-state index in [9.17, 15) is 9.59 Å². The van der Waals surface area contributed by atoms with E-state index in [0.717, 1.165) is 32.6 Å². The van der Waals surface area contributed by atoms with Crippen molar-refractivity contribution in [3.05, 3.63) is 11.1 Å². The highest BCUT2D eigenvalue weighted by Crippen LogP contribution is 2.40. The number of ether oxygens (including phenoxy) is 1. The summed E-state index contributed by atoms with van der Waals surface area (Å²) in [5.41, 5.74) is 0.356. The van der Waals surface area contributed by atoms with Crippen molar-refractivity contribution < 1.29 is 14.3 Å². The van der Waals surface area contributed by atoms with Crippen LogP contribution in [-0.2, 0) is 14.3 Å². The first-order valence-corrected chi connectivity index (χ1v) is 10.7. The molecule has 27 heavy (non-hydrogen) atoms. The minimum Gasteiger partial charge on any atom is -0.450 e. The Balaban J connectivity index is 1.55. The Bertz CT molecular complexity index is 593. The zero-order valence-corrected chi connectivity index (χ0v) is 17.2. The van der Waals surface area contributed by atoms with Gasteiger partial charge in [-0.25, -0.2) is 4.79 Å². The molecule has 2 fully saturated rings. The molecular weight excluding hydrogens is 342 g/mol. The monoisotopic (exact) mass is 377 g/mol. The summed E-state index contributed by atoms with van der Waals surface area (Å²) in [7, 11) is 0. The smallest absolute Gasteiger partial charge is 0.335 e. The number of piperidine rings is 2. The zero-order valence-electron chi connectivity index (χ0n) is 17.2. The van der Waals surface area contributed by atoms with Gasteiger partial charge in [0.1, 0.15) is 5.60 Å². The fourth-order valence-electron chi connectivity index (χ4n) is 4.77. The molecule has 6 nitrogen and oxygen atoms in total. The predicted molar refractivity (Wildman–Crippen MR) is 105 cm³/mol. The maximum Gasteiger partial charge on any atom is 0.335 e. The van der Waals surface area contributed by atoms with Crippen LogP contribution in [0.2, 0.25) is 0 Å². The molecule has 0 aromatic carbocycles. The third kappa shape index (κ3) is 4.37. The van der Waals surface area contributed by atoms with Crippen LogP contribution in [0.5, 0.6) is 0 Å². The Kier molecular flexibility index (Phi) is 6.58. The van der Waals surface area contributed by atoms with Crippen molar-refractivity contribution in [1.82, 2.24) is 15.1 Å². The van der Waals surface area contributed by atoms with Gasteiger partial charge in [0, 0.05) is 50.6 Å². The molecule has 0 aromatic rings. The molecule has 1 unspecified atom stereocenters. The van der Waals surface area contributed by atoms with Gasteiger partial charge < -0.3 is 19.9 Å². The second kappa shape index (κ2) is 8.74. The Labute approximate surface area is 163 Å². The van der Waals surface area contributed by atoms with E-state index in [2.05, 4.69) is 29.0 Å². The number of amides is 1. The summed E-state index contributed by atoms with van der Waals surface area (Å²) in [4.78, 5) is 30.0. The van der Waals surface area contributed by atoms with Gasteiger partial charge in [0.15, 0.2) is 0 Å². The van der Waals surface area contributed by atoms with Crippen LogP contribution in [0, 0.1) is 0 Å². The number of nitrogens with one attached hydrogen (secondary N) is 1. The van der Waals surface area contributed by atoms with E-state index in [0.29, 0.717) is 36.6 Å². The highest BCUT2D eigenvalue weighted by Gasteiger charge is 2.50. The second-order valence-corrected chi connectivity index (χ2v) is 8.31. The summed E-state index contributed by atoms with van der Waals surface area (Å²) >= 11 is 0. The highest BCUT2D eigenvalue weighted by molar-refractivity contribution is 6.07. The molecule has 3 rings (SSSR count). The number of esters is 1. The van der Waals surface area contributed by atoms with Crippen LogP contribution in [0.3, 0.4) is 0 Å². The lowest BCUT2D eigenvalue weighted by molar-refractivity contribution is -0.150. The third-order valence-electron chi connectivity index (χ3n) is 6.61. The first kappa shape index (κ1) is 20.3. The lowest BCUT2D eigenvalue weighted by Crippen LogP contribution is -2.48. The van der Waals surface area contributed by atoms with Gasteiger partial charge in [0.2, 0.25) is 0 Å². The topological polar surface area (TPSA) is 61.9 Å². The number of rotatable bonds is 6. The van der Waals surface area contributed by atoms with Gasteiger partial charge in [-0.1, -0.05) is 13.3 Å². The molecule has 0 radical (unpaired) electrons. The van der Waals surface area contributed by atoms with Crippen molar-refractivity contribution in [1.29, 1.82) is 0 Å². The van der Waals surface area contributed by atoms with Crippen molar-refractivity contribution in [3.63, 3.8) is 0 Å². The number of carbonyl (C=O) groups excluding carboxylic acids is 2. The van der Waals surface area contributed by atoms with Crippen molar-refractivity contribution in [2.45, 2.75) is 70.9 Å². The fraction of sp³-hybridized carbons (Fsp3) is 0.810. The van der Waals surface area contributed by atoms with E-state index in [4.69, 9.17) is 4.74 Å². The third-order valence-corrected chi connectivity index (χ3v) is 6.61. The van der Waals surface area contributed by atoms with E-state index in [1.54, 1.807) is 6.92 Å². The first-order valence-electron chi connectivity index (χ1n) is 10.7. The molecule has 3 heterocycles. The van der Waals surface area contributed by atoms with Gasteiger partial charge in [-0.2, -0.15) is 0 Å². The molecule has 0 saturated carbocycles. The van der Waals surface area contributed by atoms with Crippen LogP contribution < -0.4 is 5.32 Å². The normalized spacial score (nSPS) is 26.5. The number of hydrogen-bond donors (Lipinski definition) is 1. The second-order valence-electron chi connectivity index (χ2n) is 8.31. The lowest BCUT2D eigenvalue weighted by Gasteiger charge is -2.39. The van der Waals surface area contributed by atoms with Crippen molar-refractivity contribution in [3.8, 4) is 0 Å². The summed E-state index contributed by atoms with van der Waals surface area (Å²) < 4.78 is 5.74. The van der Waals surface area contributed by atoms with Gasteiger partial charge in [0.05, 0.1) is 5.57 Å². The summed E-state index contributed by atoms with van der Waals surface area (Å²) in [5, 5.41) is 3.06. The minimum atomic E-state index is -0.710. The van der Waals surface area contributed by atoms with Crippen molar-refractivity contribution in [2.75, 3.05) is 39.3 Å². The SMILES string of the molecule is CCN1CCC2(CC1)OC(=O)C(C)=C2C(=O)NCCCN1CCCCC1C. The van der Waals surface area contributed by atoms with E-state index in [1.807, 2.05) is 0 Å². The number of likely N-dealkylation sites (tertiary alicyclic amines) is 2. The molecule has 1 amide bonds. The van der Waals surface area contributed by atoms with Gasteiger partial charge in [0.25, 0.3) is 5.91 Å². The van der Waals surface area contributed by atoms with Crippen LogP contribution in [0.15, 0.2) is 11.1 Å². The Morgan fingerprint density at radius 3 is 2.67 bits per heavy atom. The predicted octanol–water partition coefficient (Wildman–Crippen LogP) is 2.09. The standard InChI is InChI=1S/C21H35N3O3/c1-4-23-14-9-21(10-15-23)18(17(3)20(26)27-21)19(25)22-11-7-13-24-12-6-5-8-16(24)2/h16H,4-15H2,1-3H3,(H,22,25).